The average molecular weight is 315 g/mol. The molecular formula is C19H25NO3. The summed E-state index contributed by atoms with van der Waals surface area (Å²) in [5.41, 5.74) is 2.55. The van der Waals surface area contributed by atoms with Crippen molar-refractivity contribution in [2.45, 2.75) is 65.1 Å². The highest BCUT2D eigenvalue weighted by Gasteiger charge is 2.48. The van der Waals surface area contributed by atoms with Crippen LogP contribution in [0, 0.1) is 5.92 Å². The first kappa shape index (κ1) is 16.0. The van der Waals surface area contributed by atoms with E-state index in [1.807, 2.05) is 57.7 Å². The molecule has 1 saturated heterocycles. The summed E-state index contributed by atoms with van der Waals surface area (Å²) < 4.78 is 5.57. The van der Waals surface area contributed by atoms with Crippen molar-refractivity contribution in [1.82, 2.24) is 4.90 Å². The summed E-state index contributed by atoms with van der Waals surface area (Å²) in [6, 6.07) is 6.04. The second-order valence-corrected chi connectivity index (χ2v) is 7.86. The Morgan fingerprint density at radius 3 is 2.30 bits per heavy atom. The molecule has 0 radical (unpaired) electrons. The topological polar surface area (TPSA) is 46.6 Å². The summed E-state index contributed by atoms with van der Waals surface area (Å²) in [5, 5.41) is 0. The Morgan fingerprint density at radius 2 is 1.74 bits per heavy atom. The third-order valence-corrected chi connectivity index (χ3v) is 4.60. The van der Waals surface area contributed by atoms with Gasteiger partial charge in [0.05, 0.1) is 12.1 Å². The van der Waals surface area contributed by atoms with Crippen molar-refractivity contribution >= 4 is 11.9 Å². The molecule has 1 aromatic carbocycles. The standard InChI is InChI=1S/C19H25NO3/c1-11(2)17(21)12-6-7-13-14(10-12)16-9-8-15(13)20(16)18(22)23-19(3,4)5/h6-7,10-11,15-16H,8-9H2,1-5H3. The van der Waals surface area contributed by atoms with E-state index in [1.165, 1.54) is 5.56 Å². The van der Waals surface area contributed by atoms with Crippen molar-refractivity contribution < 1.29 is 14.3 Å². The number of Topliss-reactive ketones (excluding diaryl/α,β-unsaturated/α-hetero) is 1. The van der Waals surface area contributed by atoms with Crippen LogP contribution in [0.1, 0.15) is 81.0 Å². The monoisotopic (exact) mass is 315 g/mol. The molecule has 23 heavy (non-hydrogen) atoms. The highest BCUT2D eigenvalue weighted by atomic mass is 16.6. The number of hydrogen-bond acceptors (Lipinski definition) is 3. The van der Waals surface area contributed by atoms with Crippen LogP contribution in [0.5, 0.6) is 0 Å². The van der Waals surface area contributed by atoms with E-state index in [4.69, 9.17) is 4.74 Å². The van der Waals surface area contributed by atoms with Gasteiger partial charge in [-0.2, -0.15) is 0 Å². The number of carbonyl (C=O) groups is 2. The largest absolute Gasteiger partial charge is 0.444 e. The van der Waals surface area contributed by atoms with Gasteiger partial charge >= 0.3 is 6.09 Å². The van der Waals surface area contributed by atoms with Crippen LogP contribution in [-0.4, -0.2) is 22.4 Å². The maximum Gasteiger partial charge on any atom is 0.411 e. The second-order valence-electron chi connectivity index (χ2n) is 7.86. The summed E-state index contributed by atoms with van der Waals surface area (Å²) in [6.07, 6.45) is 1.66. The summed E-state index contributed by atoms with van der Waals surface area (Å²) in [7, 11) is 0. The Labute approximate surface area is 137 Å². The minimum Gasteiger partial charge on any atom is -0.444 e. The Balaban J connectivity index is 1.90. The smallest absolute Gasteiger partial charge is 0.411 e. The molecule has 2 bridgehead atoms. The maximum absolute atomic E-state index is 12.6. The molecule has 1 fully saturated rings. The van der Waals surface area contributed by atoms with E-state index < -0.39 is 5.60 Å². The number of nitrogens with zero attached hydrogens (tertiary/aromatic N) is 1. The van der Waals surface area contributed by atoms with Gasteiger partial charge in [-0.25, -0.2) is 4.79 Å². The number of ether oxygens (including phenoxy) is 1. The lowest BCUT2D eigenvalue weighted by Gasteiger charge is -2.27. The van der Waals surface area contributed by atoms with E-state index in [0.717, 1.165) is 24.0 Å². The third-order valence-electron chi connectivity index (χ3n) is 4.60. The van der Waals surface area contributed by atoms with Crippen LogP contribution in [0.3, 0.4) is 0 Å². The normalized spacial score (nSPS) is 22.4. The number of hydrogen-bond donors (Lipinski definition) is 0. The van der Waals surface area contributed by atoms with E-state index >= 15 is 0 Å². The van der Waals surface area contributed by atoms with E-state index in [9.17, 15) is 9.59 Å². The van der Waals surface area contributed by atoms with Gasteiger partial charge in [-0.3, -0.25) is 9.69 Å². The molecule has 2 atom stereocenters. The number of rotatable bonds is 2. The Hall–Kier alpha value is -1.84. The van der Waals surface area contributed by atoms with Crippen LogP contribution in [0.4, 0.5) is 4.79 Å². The van der Waals surface area contributed by atoms with Crippen LogP contribution >= 0.6 is 0 Å². The summed E-state index contributed by atoms with van der Waals surface area (Å²) in [4.78, 5) is 26.7. The van der Waals surface area contributed by atoms with Gasteiger partial charge in [0, 0.05) is 11.5 Å². The lowest BCUT2D eigenvalue weighted by Crippen LogP contribution is -2.34. The molecule has 2 aliphatic heterocycles. The molecule has 3 rings (SSSR count). The molecule has 4 nitrogen and oxygen atoms in total. The van der Waals surface area contributed by atoms with Gasteiger partial charge < -0.3 is 4.74 Å². The minimum absolute atomic E-state index is 0.0198. The molecule has 0 spiro atoms. The van der Waals surface area contributed by atoms with Gasteiger partial charge in [-0.1, -0.05) is 26.0 Å². The molecule has 2 unspecified atom stereocenters. The zero-order valence-corrected chi connectivity index (χ0v) is 14.6. The molecule has 0 saturated carbocycles. The van der Waals surface area contributed by atoms with Crippen molar-refractivity contribution in [3.05, 3.63) is 34.9 Å². The second kappa shape index (κ2) is 5.36. The first-order chi connectivity index (χ1) is 10.7. The zero-order chi connectivity index (χ0) is 16.9. The van der Waals surface area contributed by atoms with E-state index in [-0.39, 0.29) is 29.9 Å². The lowest BCUT2D eigenvalue weighted by atomic mass is 9.88. The molecule has 124 valence electrons. The molecule has 4 heteroatoms. The first-order valence-corrected chi connectivity index (χ1v) is 8.38. The van der Waals surface area contributed by atoms with Gasteiger partial charge in [-0.05, 0) is 50.8 Å². The molecule has 0 aromatic heterocycles. The van der Waals surface area contributed by atoms with E-state index in [2.05, 4.69) is 0 Å². The van der Waals surface area contributed by atoms with Gasteiger partial charge in [0.25, 0.3) is 0 Å². The zero-order valence-electron chi connectivity index (χ0n) is 14.6. The molecule has 2 heterocycles. The minimum atomic E-state index is -0.496. The molecule has 1 aromatic rings. The Kier molecular flexibility index (Phi) is 3.74. The molecule has 1 amide bonds. The molecule has 2 aliphatic rings. The van der Waals surface area contributed by atoms with Gasteiger partial charge in [0.1, 0.15) is 5.60 Å². The fraction of sp³-hybridized carbons (Fsp3) is 0.579. The van der Waals surface area contributed by atoms with Gasteiger partial charge in [0.15, 0.2) is 5.78 Å². The highest BCUT2D eigenvalue weighted by molar-refractivity contribution is 5.97. The van der Waals surface area contributed by atoms with Gasteiger partial charge in [0.2, 0.25) is 0 Å². The maximum atomic E-state index is 12.6. The van der Waals surface area contributed by atoms with Crippen molar-refractivity contribution in [2.75, 3.05) is 0 Å². The molecule has 0 N–H and O–H groups in total. The van der Waals surface area contributed by atoms with Crippen molar-refractivity contribution in [1.29, 1.82) is 0 Å². The number of amides is 1. The Morgan fingerprint density at radius 1 is 1.13 bits per heavy atom. The Bertz CT molecular complexity index is 657. The van der Waals surface area contributed by atoms with Crippen LogP contribution in [-0.2, 0) is 4.74 Å². The predicted octanol–water partition coefficient (Wildman–Crippen LogP) is 4.65. The fourth-order valence-corrected chi connectivity index (χ4v) is 3.64. The number of benzene rings is 1. The SMILES string of the molecule is CC(C)C(=O)c1ccc2c(c1)C1CCC2N1C(=O)OC(C)(C)C. The van der Waals surface area contributed by atoms with Gasteiger partial charge in [-0.15, -0.1) is 0 Å². The number of carbonyl (C=O) groups excluding carboxylic acids is 2. The molecular weight excluding hydrogens is 290 g/mol. The van der Waals surface area contributed by atoms with Crippen molar-refractivity contribution in [3.63, 3.8) is 0 Å². The number of ketones is 1. The summed E-state index contributed by atoms with van der Waals surface area (Å²) >= 11 is 0. The average Bonchev–Trinajstić information content (AvgIpc) is 3.00. The van der Waals surface area contributed by atoms with Crippen molar-refractivity contribution in [3.8, 4) is 0 Å². The fourth-order valence-electron chi connectivity index (χ4n) is 3.64. The van der Waals surface area contributed by atoms with E-state index in [0.29, 0.717) is 0 Å². The highest BCUT2D eigenvalue weighted by Crippen LogP contribution is 2.53. The quantitative estimate of drug-likeness (QED) is 0.746. The van der Waals surface area contributed by atoms with Crippen LogP contribution in [0.25, 0.3) is 0 Å². The van der Waals surface area contributed by atoms with E-state index in [1.54, 1.807) is 0 Å². The lowest BCUT2D eigenvalue weighted by molar-refractivity contribution is 0.0177. The predicted molar refractivity (Wildman–Crippen MR) is 88.4 cm³/mol. The third kappa shape index (κ3) is 2.75. The summed E-state index contributed by atoms with van der Waals surface area (Å²) in [6.45, 7) is 9.48. The van der Waals surface area contributed by atoms with Crippen LogP contribution in [0.15, 0.2) is 18.2 Å². The van der Waals surface area contributed by atoms with Crippen LogP contribution < -0.4 is 0 Å². The van der Waals surface area contributed by atoms with Crippen molar-refractivity contribution in [2.24, 2.45) is 5.92 Å². The molecule has 0 aliphatic carbocycles. The first-order valence-electron chi connectivity index (χ1n) is 8.38. The van der Waals surface area contributed by atoms with Crippen LogP contribution in [0.2, 0.25) is 0 Å². The number of fused-ring (bicyclic) bond motifs is 5. The summed E-state index contributed by atoms with van der Waals surface area (Å²) in [5.74, 6) is 0.132.